The van der Waals surface area contributed by atoms with E-state index in [4.69, 9.17) is 4.74 Å². The van der Waals surface area contributed by atoms with Crippen LogP contribution in [0.4, 0.5) is 20.2 Å². The van der Waals surface area contributed by atoms with Crippen molar-refractivity contribution in [1.82, 2.24) is 4.90 Å². The first kappa shape index (κ1) is 20.2. The summed E-state index contributed by atoms with van der Waals surface area (Å²) in [4.78, 5) is 37.9. The van der Waals surface area contributed by atoms with Crippen LogP contribution in [0.1, 0.15) is 10.4 Å². The number of hydrogen-bond donors (Lipinski definition) is 0. The Morgan fingerprint density at radius 2 is 1.66 bits per heavy atom. The van der Waals surface area contributed by atoms with Crippen molar-refractivity contribution < 1.29 is 28.0 Å². The molecule has 0 saturated carbocycles. The van der Waals surface area contributed by atoms with Crippen molar-refractivity contribution in [2.75, 3.05) is 37.7 Å². The molecule has 1 saturated heterocycles. The molecule has 1 aliphatic heterocycles. The van der Waals surface area contributed by atoms with Crippen LogP contribution in [0.5, 0.6) is 0 Å². The summed E-state index contributed by atoms with van der Waals surface area (Å²) in [5.74, 6) is -3.57. The van der Waals surface area contributed by atoms with Gasteiger partial charge in [-0.1, -0.05) is 0 Å². The van der Waals surface area contributed by atoms with E-state index in [-0.39, 0.29) is 11.3 Å². The van der Waals surface area contributed by atoms with Crippen LogP contribution in [0.3, 0.4) is 0 Å². The maximum absolute atomic E-state index is 13.2. The quantitative estimate of drug-likeness (QED) is 0.431. The molecule has 1 aliphatic rings. The first-order valence-corrected chi connectivity index (χ1v) is 8.74. The van der Waals surface area contributed by atoms with Crippen LogP contribution >= 0.6 is 0 Å². The Hall–Kier alpha value is -3.56. The van der Waals surface area contributed by atoms with Gasteiger partial charge in [0, 0.05) is 44.0 Å². The maximum atomic E-state index is 13.2. The lowest BCUT2D eigenvalue weighted by Crippen LogP contribution is -2.49. The fraction of sp³-hybridized carbons (Fsp3) is 0.263. The zero-order chi connectivity index (χ0) is 21.0. The van der Waals surface area contributed by atoms with Crippen LogP contribution < -0.4 is 4.90 Å². The number of anilines is 1. The van der Waals surface area contributed by atoms with Gasteiger partial charge in [0.05, 0.1) is 10.5 Å². The molecule has 0 bridgehead atoms. The summed E-state index contributed by atoms with van der Waals surface area (Å²) in [5, 5.41) is 10.7. The van der Waals surface area contributed by atoms with Gasteiger partial charge in [-0.25, -0.2) is 13.6 Å². The van der Waals surface area contributed by atoms with E-state index in [1.807, 2.05) is 4.90 Å². The molecule has 0 aliphatic carbocycles. The highest BCUT2D eigenvalue weighted by atomic mass is 19.2. The van der Waals surface area contributed by atoms with Crippen molar-refractivity contribution in [3.63, 3.8) is 0 Å². The second-order valence-electron chi connectivity index (χ2n) is 6.35. The van der Waals surface area contributed by atoms with Crippen molar-refractivity contribution in [3.8, 4) is 0 Å². The predicted octanol–water partition coefficient (Wildman–Crippen LogP) is 2.38. The molecule has 0 spiro atoms. The lowest BCUT2D eigenvalue weighted by atomic mass is 10.2. The number of amides is 1. The lowest BCUT2D eigenvalue weighted by Gasteiger charge is -2.36. The molecule has 152 valence electrons. The summed E-state index contributed by atoms with van der Waals surface area (Å²) in [6, 6.07) is 8.75. The Morgan fingerprint density at radius 3 is 2.24 bits per heavy atom. The Labute approximate surface area is 164 Å². The fourth-order valence-corrected chi connectivity index (χ4v) is 2.92. The number of esters is 1. The van der Waals surface area contributed by atoms with Crippen molar-refractivity contribution >= 4 is 23.3 Å². The van der Waals surface area contributed by atoms with E-state index < -0.39 is 35.0 Å². The minimum absolute atomic E-state index is 0.00501. The smallest absolute Gasteiger partial charge is 0.338 e. The molecule has 2 aromatic rings. The molecule has 8 nitrogen and oxygen atoms in total. The van der Waals surface area contributed by atoms with Crippen LogP contribution in [0.15, 0.2) is 42.5 Å². The average molecular weight is 405 g/mol. The number of nitro benzene ring substituents is 1. The van der Waals surface area contributed by atoms with Crippen LogP contribution in [0, 0.1) is 21.7 Å². The molecule has 0 atom stereocenters. The van der Waals surface area contributed by atoms with E-state index in [0.29, 0.717) is 32.2 Å². The molecule has 29 heavy (non-hydrogen) atoms. The number of hydrogen-bond acceptors (Lipinski definition) is 6. The van der Waals surface area contributed by atoms with Crippen LogP contribution in [-0.2, 0) is 9.53 Å². The largest absolute Gasteiger partial charge is 0.452 e. The third-order valence-electron chi connectivity index (χ3n) is 4.54. The number of nitro groups is 1. The lowest BCUT2D eigenvalue weighted by molar-refractivity contribution is -0.384. The van der Waals surface area contributed by atoms with Crippen LogP contribution in [0.25, 0.3) is 0 Å². The standard InChI is InChI=1S/C19H17F2N3O5/c20-16-6-1-13(11-17(16)21)19(26)29-12-18(25)23-9-7-22(8-10-23)14-2-4-15(5-3-14)24(27)28/h1-6,11H,7-10,12H2. The molecule has 0 unspecified atom stereocenters. The normalized spacial score (nSPS) is 13.9. The second-order valence-corrected chi connectivity index (χ2v) is 6.35. The average Bonchev–Trinajstić information content (AvgIpc) is 2.74. The minimum Gasteiger partial charge on any atom is -0.452 e. The van der Waals surface area contributed by atoms with Crippen molar-refractivity contribution in [2.45, 2.75) is 0 Å². The number of ether oxygens (including phenoxy) is 1. The van der Waals surface area contributed by atoms with Gasteiger partial charge in [0.1, 0.15) is 0 Å². The van der Waals surface area contributed by atoms with Gasteiger partial charge in [0.15, 0.2) is 18.2 Å². The van der Waals surface area contributed by atoms with Crippen LogP contribution in [-0.4, -0.2) is 54.5 Å². The maximum Gasteiger partial charge on any atom is 0.338 e. The number of rotatable bonds is 5. The van der Waals surface area contributed by atoms with Gasteiger partial charge in [-0.05, 0) is 30.3 Å². The molecular weight excluding hydrogens is 388 g/mol. The number of non-ortho nitro benzene ring substituents is 1. The molecule has 10 heteroatoms. The first-order chi connectivity index (χ1) is 13.8. The number of carbonyl (C=O) groups is 2. The van der Waals surface area contributed by atoms with Gasteiger partial charge in [-0.2, -0.15) is 0 Å². The van der Waals surface area contributed by atoms with E-state index >= 15 is 0 Å². The Bertz CT molecular complexity index is 928. The third kappa shape index (κ3) is 4.84. The molecule has 1 fully saturated rings. The molecule has 0 aromatic heterocycles. The zero-order valence-corrected chi connectivity index (χ0v) is 15.2. The van der Waals surface area contributed by atoms with Crippen molar-refractivity contribution in [2.24, 2.45) is 0 Å². The monoisotopic (exact) mass is 405 g/mol. The molecule has 0 N–H and O–H groups in total. The molecule has 3 rings (SSSR count). The second kappa shape index (κ2) is 8.63. The summed E-state index contributed by atoms with van der Waals surface area (Å²) in [6.07, 6.45) is 0. The van der Waals surface area contributed by atoms with E-state index in [2.05, 4.69) is 0 Å². The molecule has 2 aromatic carbocycles. The van der Waals surface area contributed by atoms with E-state index in [9.17, 15) is 28.5 Å². The first-order valence-electron chi connectivity index (χ1n) is 8.74. The van der Waals surface area contributed by atoms with Gasteiger partial charge < -0.3 is 14.5 Å². The Balaban J connectivity index is 1.49. The number of carbonyl (C=O) groups excluding carboxylic acids is 2. The van der Waals surface area contributed by atoms with Crippen molar-refractivity contribution in [3.05, 3.63) is 69.8 Å². The third-order valence-corrected chi connectivity index (χ3v) is 4.54. The predicted molar refractivity (Wildman–Crippen MR) is 98.5 cm³/mol. The zero-order valence-electron chi connectivity index (χ0n) is 15.2. The number of benzene rings is 2. The number of piperazine rings is 1. The fourth-order valence-electron chi connectivity index (χ4n) is 2.92. The summed E-state index contributed by atoms with van der Waals surface area (Å²) < 4.78 is 31.0. The van der Waals surface area contributed by atoms with Gasteiger partial charge >= 0.3 is 5.97 Å². The molecule has 0 radical (unpaired) electrons. The highest BCUT2D eigenvalue weighted by molar-refractivity contribution is 5.91. The topological polar surface area (TPSA) is 93.0 Å². The minimum atomic E-state index is -1.17. The molecular formula is C19H17F2N3O5. The Morgan fingerprint density at radius 1 is 1.00 bits per heavy atom. The van der Waals surface area contributed by atoms with Gasteiger partial charge in [0.2, 0.25) is 0 Å². The summed E-state index contributed by atoms with van der Waals surface area (Å²) in [6.45, 7) is 1.30. The number of halogens is 2. The molecule has 1 amide bonds. The van der Waals surface area contributed by atoms with Gasteiger partial charge in [-0.3, -0.25) is 14.9 Å². The van der Waals surface area contributed by atoms with Gasteiger partial charge in [-0.15, -0.1) is 0 Å². The number of nitrogens with zero attached hydrogens (tertiary/aromatic N) is 3. The summed E-state index contributed by atoms with van der Waals surface area (Å²) in [7, 11) is 0. The van der Waals surface area contributed by atoms with E-state index in [1.54, 1.807) is 12.1 Å². The van der Waals surface area contributed by atoms with Gasteiger partial charge in [0.25, 0.3) is 11.6 Å². The Kier molecular flexibility index (Phi) is 6.01. The van der Waals surface area contributed by atoms with E-state index in [1.165, 1.54) is 17.0 Å². The van der Waals surface area contributed by atoms with E-state index in [0.717, 1.165) is 17.8 Å². The van der Waals surface area contributed by atoms with Crippen LogP contribution in [0.2, 0.25) is 0 Å². The highest BCUT2D eigenvalue weighted by Gasteiger charge is 2.23. The summed E-state index contributed by atoms with van der Waals surface area (Å²) in [5.41, 5.74) is 0.637. The summed E-state index contributed by atoms with van der Waals surface area (Å²) >= 11 is 0. The highest BCUT2D eigenvalue weighted by Crippen LogP contribution is 2.20. The SMILES string of the molecule is O=C(OCC(=O)N1CCN(c2ccc([N+](=O)[O-])cc2)CC1)c1ccc(F)c(F)c1. The van der Waals surface area contributed by atoms with Crippen molar-refractivity contribution in [1.29, 1.82) is 0 Å². The molecule has 1 heterocycles.